The number of benzene rings is 2. The molecular weight excluding hydrogens is 434 g/mol. The quantitative estimate of drug-likeness (QED) is 0.552. The van der Waals surface area contributed by atoms with E-state index in [-0.39, 0.29) is 35.6 Å². The van der Waals surface area contributed by atoms with Gasteiger partial charge in [-0.1, -0.05) is 17.7 Å². The Labute approximate surface area is 176 Å². The van der Waals surface area contributed by atoms with E-state index in [1.165, 1.54) is 29.0 Å². The lowest BCUT2D eigenvalue weighted by Crippen LogP contribution is -2.17. The molecule has 0 aliphatic heterocycles. The summed E-state index contributed by atoms with van der Waals surface area (Å²) in [5, 5.41) is 18.7. The zero-order chi connectivity index (χ0) is 22.1. The van der Waals surface area contributed by atoms with Gasteiger partial charge in [0.15, 0.2) is 15.6 Å². The zero-order valence-corrected chi connectivity index (χ0v) is 17.4. The van der Waals surface area contributed by atoms with Crippen LogP contribution in [0.2, 0.25) is 5.02 Å². The van der Waals surface area contributed by atoms with E-state index >= 15 is 0 Å². The molecule has 0 saturated heterocycles. The van der Waals surface area contributed by atoms with Crippen molar-refractivity contribution in [2.45, 2.75) is 17.9 Å². The number of aromatic nitrogens is 1. The van der Waals surface area contributed by atoms with E-state index in [4.69, 9.17) is 16.7 Å². The molecule has 0 unspecified atom stereocenters. The molecule has 0 aliphatic carbocycles. The highest BCUT2D eigenvalue weighted by molar-refractivity contribution is 7.90. The average molecular weight is 452 g/mol. The van der Waals surface area contributed by atoms with Gasteiger partial charge in [-0.25, -0.2) is 13.2 Å². The van der Waals surface area contributed by atoms with E-state index < -0.39 is 21.4 Å². The Morgan fingerprint density at radius 2 is 1.93 bits per heavy atom. The Bertz CT molecular complexity index is 1300. The highest BCUT2D eigenvalue weighted by Crippen LogP contribution is 2.25. The molecule has 30 heavy (non-hydrogen) atoms. The summed E-state index contributed by atoms with van der Waals surface area (Å²) in [5.41, 5.74) is 1.11. The summed E-state index contributed by atoms with van der Waals surface area (Å²) < 4.78 is 29.8. The maximum Gasteiger partial charge on any atom is 0.511 e. The predicted molar refractivity (Wildman–Crippen MR) is 111 cm³/mol. The lowest BCUT2D eigenvalue weighted by Gasteiger charge is -2.13. The van der Waals surface area contributed by atoms with Crippen molar-refractivity contribution in [3.8, 4) is 5.75 Å². The van der Waals surface area contributed by atoms with Crippen molar-refractivity contribution in [2.75, 3.05) is 12.9 Å². The summed E-state index contributed by atoms with van der Waals surface area (Å²) in [4.78, 5) is 23.7. The molecule has 8 nitrogen and oxygen atoms in total. The van der Waals surface area contributed by atoms with Gasteiger partial charge in [-0.15, -0.1) is 0 Å². The van der Waals surface area contributed by atoms with Gasteiger partial charge in [-0.05, 0) is 47.9 Å². The van der Waals surface area contributed by atoms with Crippen LogP contribution in [0, 0.1) is 0 Å². The molecule has 0 spiro atoms. The molecule has 0 atom stereocenters. The average Bonchev–Trinajstić information content (AvgIpc) is 2.66. The van der Waals surface area contributed by atoms with Crippen LogP contribution in [-0.2, 0) is 22.8 Å². The number of halogens is 1. The number of hydrogen-bond donors (Lipinski definition) is 2. The van der Waals surface area contributed by atoms with Gasteiger partial charge in [0.1, 0.15) is 0 Å². The second kappa shape index (κ2) is 8.47. The Morgan fingerprint density at radius 1 is 1.20 bits per heavy atom. The summed E-state index contributed by atoms with van der Waals surface area (Å²) >= 11 is 6.22. The third kappa shape index (κ3) is 4.64. The molecule has 2 aromatic carbocycles. The smallest absolute Gasteiger partial charge is 0.449 e. The minimum Gasteiger partial charge on any atom is -0.449 e. The van der Waals surface area contributed by atoms with Gasteiger partial charge in [-0.3, -0.25) is 4.79 Å². The minimum absolute atomic E-state index is 0.130. The first kappa shape index (κ1) is 21.8. The lowest BCUT2D eigenvalue weighted by molar-refractivity contribution is 0.143. The number of pyridine rings is 1. The first-order valence-corrected chi connectivity index (χ1v) is 11.0. The normalized spacial score (nSPS) is 11.6. The number of ether oxygens (including phenoxy) is 1. The summed E-state index contributed by atoms with van der Waals surface area (Å²) in [6.45, 7) is -0.0888. The van der Waals surface area contributed by atoms with Crippen LogP contribution in [0.25, 0.3) is 10.9 Å². The Balaban J connectivity index is 2.12. The molecule has 0 radical (unpaired) electrons. The van der Waals surface area contributed by atoms with Gasteiger partial charge in [0.05, 0.1) is 23.2 Å². The van der Waals surface area contributed by atoms with Crippen molar-refractivity contribution in [3.63, 3.8) is 0 Å². The van der Waals surface area contributed by atoms with E-state index in [0.29, 0.717) is 21.7 Å². The SMILES string of the molecule is CS(=O)(=O)c1ccc(Cl)c(Cc2ccc3c(c2)c(=O)c(OC(=O)O)cn3CCO)c1. The topological polar surface area (TPSA) is 123 Å². The van der Waals surface area contributed by atoms with Gasteiger partial charge in [0, 0.05) is 23.2 Å². The first-order chi connectivity index (χ1) is 14.1. The van der Waals surface area contributed by atoms with Gasteiger partial charge in [-0.2, -0.15) is 0 Å². The fourth-order valence-corrected chi connectivity index (χ4v) is 3.98. The lowest BCUT2D eigenvalue weighted by atomic mass is 10.0. The van der Waals surface area contributed by atoms with Crippen LogP contribution in [0.4, 0.5) is 4.79 Å². The summed E-state index contributed by atoms with van der Waals surface area (Å²) in [7, 11) is -3.41. The maximum absolute atomic E-state index is 12.7. The first-order valence-electron chi connectivity index (χ1n) is 8.76. The standard InChI is InChI=1S/C20H18ClNO7S/c1-30(27,28)14-3-4-16(21)13(10-14)8-12-2-5-17-15(9-12)19(24)18(29-20(25)26)11-22(17)6-7-23/h2-5,9-11,23H,6-8H2,1H3,(H,25,26). The third-order valence-corrected chi connectivity index (χ3v) is 5.97. The number of aliphatic hydroxyl groups excluding tert-OH is 1. The van der Waals surface area contributed by atoms with Crippen LogP contribution in [-0.4, -0.2) is 42.2 Å². The molecule has 0 amide bonds. The number of carboxylic acid groups (broad SMARTS) is 1. The molecule has 10 heteroatoms. The molecule has 1 aromatic heterocycles. The molecular formula is C20H18ClNO7S. The maximum atomic E-state index is 12.7. The molecule has 1 heterocycles. The number of carbonyl (C=O) groups is 1. The van der Waals surface area contributed by atoms with Crippen molar-refractivity contribution in [1.29, 1.82) is 0 Å². The van der Waals surface area contributed by atoms with Crippen LogP contribution in [0.15, 0.2) is 52.3 Å². The zero-order valence-electron chi connectivity index (χ0n) is 15.8. The largest absolute Gasteiger partial charge is 0.511 e. The van der Waals surface area contributed by atoms with Crippen LogP contribution >= 0.6 is 11.6 Å². The van der Waals surface area contributed by atoms with E-state index in [0.717, 1.165) is 6.26 Å². The second-order valence-electron chi connectivity index (χ2n) is 6.66. The van der Waals surface area contributed by atoms with Gasteiger partial charge >= 0.3 is 6.16 Å². The van der Waals surface area contributed by atoms with Crippen LogP contribution in [0.1, 0.15) is 11.1 Å². The number of sulfone groups is 1. The highest BCUT2D eigenvalue weighted by Gasteiger charge is 2.15. The van der Waals surface area contributed by atoms with Crippen molar-refractivity contribution in [2.24, 2.45) is 0 Å². The number of nitrogens with zero attached hydrogens (tertiary/aromatic N) is 1. The molecule has 2 N–H and O–H groups in total. The monoisotopic (exact) mass is 451 g/mol. The number of fused-ring (bicyclic) bond motifs is 1. The van der Waals surface area contributed by atoms with Crippen molar-refractivity contribution in [3.05, 3.63) is 69.0 Å². The molecule has 3 rings (SSSR count). The Morgan fingerprint density at radius 3 is 2.57 bits per heavy atom. The molecule has 0 saturated carbocycles. The van der Waals surface area contributed by atoms with Crippen LogP contribution < -0.4 is 10.2 Å². The summed E-state index contributed by atoms with van der Waals surface area (Å²) in [5.74, 6) is -0.377. The predicted octanol–water partition coefficient (Wildman–Crippen LogP) is 2.70. The fourth-order valence-electron chi connectivity index (χ4n) is 3.12. The second-order valence-corrected chi connectivity index (χ2v) is 9.08. The van der Waals surface area contributed by atoms with E-state index in [9.17, 15) is 23.1 Å². The van der Waals surface area contributed by atoms with E-state index in [1.807, 2.05) is 0 Å². The number of aliphatic hydroxyl groups is 1. The molecule has 158 valence electrons. The summed E-state index contributed by atoms with van der Waals surface area (Å²) in [6.07, 6.45) is 0.967. The number of hydrogen-bond acceptors (Lipinski definition) is 6. The third-order valence-electron chi connectivity index (χ3n) is 4.49. The Hall–Kier alpha value is -2.88. The minimum atomic E-state index is -3.41. The van der Waals surface area contributed by atoms with Gasteiger partial charge in [0.2, 0.25) is 5.43 Å². The number of rotatable bonds is 6. The van der Waals surface area contributed by atoms with Crippen molar-refractivity contribution < 1.29 is 28.2 Å². The molecule has 3 aromatic rings. The Kier molecular flexibility index (Phi) is 6.16. The molecule has 0 fully saturated rings. The van der Waals surface area contributed by atoms with Crippen molar-refractivity contribution >= 4 is 38.5 Å². The summed E-state index contributed by atoms with van der Waals surface area (Å²) in [6, 6.07) is 9.39. The van der Waals surface area contributed by atoms with E-state index in [1.54, 1.807) is 18.2 Å². The van der Waals surface area contributed by atoms with E-state index in [2.05, 4.69) is 4.74 Å². The fraction of sp³-hybridized carbons (Fsp3) is 0.200. The molecule has 0 aliphatic rings. The molecule has 0 bridgehead atoms. The van der Waals surface area contributed by atoms with Crippen LogP contribution in [0.3, 0.4) is 0 Å². The van der Waals surface area contributed by atoms with Gasteiger partial charge in [0.25, 0.3) is 0 Å². The van der Waals surface area contributed by atoms with Gasteiger partial charge < -0.3 is 19.5 Å². The highest BCUT2D eigenvalue weighted by atomic mass is 35.5. The van der Waals surface area contributed by atoms with Crippen LogP contribution in [0.5, 0.6) is 5.75 Å². The van der Waals surface area contributed by atoms with Crippen molar-refractivity contribution in [1.82, 2.24) is 4.57 Å².